The van der Waals surface area contributed by atoms with E-state index < -0.39 is 23.7 Å². The molecule has 8 nitrogen and oxygen atoms in total. The van der Waals surface area contributed by atoms with E-state index in [-0.39, 0.29) is 38.1 Å². The Morgan fingerprint density at radius 1 is 1.02 bits per heavy atom. The molecule has 3 amide bonds. The van der Waals surface area contributed by atoms with Gasteiger partial charge in [0.25, 0.3) is 0 Å². The summed E-state index contributed by atoms with van der Waals surface area (Å²) in [5.74, 6) is -0.205. The van der Waals surface area contributed by atoms with Crippen LogP contribution in [0, 0.1) is 0 Å². The third-order valence-electron chi connectivity index (χ3n) is 5.46. The minimum atomic E-state index is -4.50. The molecule has 2 aromatic carbocycles. The molecule has 0 aliphatic carbocycles. The van der Waals surface area contributed by atoms with Crippen LogP contribution in [-0.4, -0.2) is 56.5 Å². The topological polar surface area (TPSA) is 109 Å². The molecule has 0 bridgehead atoms. The summed E-state index contributed by atoms with van der Waals surface area (Å²) in [5.41, 5.74) is 0.498. The molecule has 228 valence electrons. The van der Waals surface area contributed by atoms with Gasteiger partial charge in [-0.3, -0.25) is 14.4 Å². The van der Waals surface area contributed by atoms with Gasteiger partial charge in [-0.15, -0.1) is 0 Å². The fourth-order valence-electron chi connectivity index (χ4n) is 3.72. The maximum atomic E-state index is 13.2. The molecule has 41 heavy (non-hydrogen) atoms. The molecule has 4 N–H and O–H groups in total. The molecule has 2 aromatic rings. The van der Waals surface area contributed by atoms with E-state index in [1.807, 2.05) is 24.3 Å². The Morgan fingerprint density at radius 3 is 2.39 bits per heavy atom. The molecule has 1 atom stereocenters. The van der Waals surface area contributed by atoms with E-state index >= 15 is 0 Å². The van der Waals surface area contributed by atoms with Gasteiger partial charge >= 0.3 is 6.18 Å². The third-order valence-corrected chi connectivity index (χ3v) is 5.46. The lowest BCUT2D eigenvalue weighted by Gasteiger charge is -2.20. The summed E-state index contributed by atoms with van der Waals surface area (Å²) < 4.78 is 45.4. The van der Waals surface area contributed by atoms with E-state index in [1.165, 1.54) is 18.6 Å². The van der Waals surface area contributed by atoms with Crippen LogP contribution in [0.5, 0.6) is 5.75 Å². The van der Waals surface area contributed by atoms with Gasteiger partial charge in [0.05, 0.1) is 18.2 Å². The number of para-hydroxylation sites is 1. The summed E-state index contributed by atoms with van der Waals surface area (Å²) in [6, 6.07) is 11.3. The van der Waals surface area contributed by atoms with Crippen molar-refractivity contribution in [2.45, 2.75) is 71.6 Å². The van der Waals surface area contributed by atoms with E-state index in [0.29, 0.717) is 30.7 Å². The van der Waals surface area contributed by atoms with Gasteiger partial charge in [0.2, 0.25) is 18.2 Å². The molecule has 0 unspecified atom stereocenters. The second-order valence-electron chi connectivity index (χ2n) is 9.69. The zero-order valence-electron chi connectivity index (χ0n) is 24.3. The molecule has 0 heterocycles. The quantitative estimate of drug-likeness (QED) is 0.177. The van der Waals surface area contributed by atoms with Crippen LogP contribution in [0.15, 0.2) is 48.5 Å². The molecular weight excluding hydrogens is 537 g/mol. The van der Waals surface area contributed by atoms with Crippen LogP contribution in [0.4, 0.5) is 13.2 Å². The second-order valence-corrected chi connectivity index (χ2v) is 9.69. The number of hydrogen-bond acceptors (Lipinski definition) is 5. The lowest BCUT2D eigenvalue weighted by molar-refractivity contribution is -0.137. The van der Waals surface area contributed by atoms with Crippen LogP contribution in [0.2, 0.25) is 0 Å². The summed E-state index contributed by atoms with van der Waals surface area (Å²) in [6.07, 6.45) is -1.18. The van der Waals surface area contributed by atoms with Crippen molar-refractivity contribution in [1.82, 2.24) is 21.3 Å². The zero-order valence-corrected chi connectivity index (χ0v) is 24.3. The lowest BCUT2D eigenvalue weighted by Crippen LogP contribution is -2.49. The number of nitrogens with one attached hydrogen (secondary N) is 4. The van der Waals surface area contributed by atoms with E-state index in [2.05, 4.69) is 35.1 Å². The smallest absolute Gasteiger partial charge is 0.416 e. The fraction of sp³-hybridized carbons (Fsp3) is 0.500. The van der Waals surface area contributed by atoms with E-state index in [4.69, 9.17) is 4.74 Å². The Labute approximate surface area is 240 Å². The van der Waals surface area contributed by atoms with Crippen molar-refractivity contribution in [2.24, 2.45) is 0 Å². The maximum absolute atomic E-state index is 13.2. The van der Waals surface area contributed by atoms with Crippen molar-refractivity contribution in [3.05, 3.63) is 65.2 Å². The lowest BCUT2D eigenvalue weighted by atomic mass is 10.0. The van der Waals surface area contributed by atoms with Gasteiger partial charge in [-0.2, -0.15) is 13.2 Å². The third kappa shape index (κ3) is 15.1. The number of aryl methyl sites for hydroxylation is 1. The highest BCUT2D eigenvalue weighted by Crippen LogP contribution is 2.29. The Bertz CT molecular complexity index is 1060. The standard InChI is InChI=1S/C27H35F3N4O4.C3H8/c1-19(2)34-25(36)17-33-26(37)23(16-20-7-5-10-22(15-20)27(28,29)30)32-13-14-38-24-11-4-3-8-21(24)9-6-12-31-18-35;1-3-2/h3-5,7-8,10-11,15,18-19,23,32H,6,9,12-14,16-17H2,1-2H3,(H,31,35)(H,33,37)(H,34,36);3H2,1-2H3/t23-;/m1./s1. The normalized spacial score (nSPS) is 11.6. The summed E-state index contributed by atoms with van der Waals surface area (Å²) >= 11 is 0. The SMILES string of the molecule is CC(C)NC(=O)CNC(=O)[C@@H](Cc1cccc(C(F)(F)F)c1)NCCOc1ccccc1CCCNC=O.CCC. The first-order chi connectivity index (χ1) is 19.5. The molecule has 0 fully saturated rings. The molecule has 0 aliphatic rings. The molecular formula is C30H43F3N4O4. The summed E-state index contributed by atoms with van der Waals surface area (Å²) in [7, 11) is 0. The minimum absolute atomic E-state index is 0.0120. The summed E-state index contributed by atoms with van der Waals surface area (Å²) in [4.78, 5) is 35.2. The van der Waals surface area contributed by atoms with Crippen molar-refractivity contribution in [3.63, 3.8) is 0 Å². The minimum Gasteiger partial charge on any atom is -0.492 e. The van der Waals surface area contributed by atoms with Crippen molar-refractivity contribution in [1.29, 1.82) is 0 Å². The average molecular weight is 581 g/mol. The van der Waals surface area contributed by atoms with Gasteiger partial charge in [-0.25, -0.2) is 0 Å². The Morgan fingerprint density at radius 2 is 1.73 bits per heavy atom. The molecule has 0 aromatic heterocycles. The number of amides is 3. The highest BCUT2D eigenvalue weighted by molar-refractivity contribution is 5.87. The van der Waals surface area contributed by atoms with Crippen LogP contribution in [0.3, 0.4) is 0 Å². The van der Waals surface area contributed by atoms with Gasteiger partial charge in [-0.05, 0) is 56.4 Å². The van der Waals surface area contributed by atoms with Crippen molar-refractivity contribution >= 4 is 18.2 Å². The largest absolute Gasteiger partial charge is 0.492 e. The second kappa shape index (κ2) is 19.5. The molecule has 0 saturated heterocycles. The van der Waals surface area contributed by atoms with Crippen molar-refractivity contribution in [3.8, 4) is 5.75 Å². The first-order valence-electron chi connectivity index (χ1n) is 13.9. The summed E-state index contributed by atoms with van der Waals surface area (Å²) in [6.45, 7) is 8.55. The van der Waals surface area contributed by atoms with Crippen LogP contribution >= 0.6 is 0 Å². The van der Waals surface area contributed by atoms with Crippen LogP contribution < -0.4 is 26.0 Å². The number of carbonyl (C=O) groups excluding carboxylic acids is 3. The Hall–Kier alpha value is -3.60. The van der Waals surface area contributed by atoms with Gasteiger partial charge in [0, 0.05) is 19.1 Å². The van der Waals surface area contributed by atoms with Crippen molar-refractivity contribution < 1.29 is 32.3 Å². The predicted molar refractivity (Wildman–Crippen MR) is 154 cm³/mol. The Balaban J connectivity index is 0.00000268. The number of benzene rings is 2. The molecule has 0 spiro atoms. The van der Waals surface area contributed by atoms with Gasteiger partial charge in [0.15, 0.2) is 0 Å². The number of rotatable bonds is 16. The highest BCUT2D eigenvalue weighted by Gasteiger charge is 2.30. The van der Waals surface area contributed by atoms with E-state index in [9.17, 15) is 27.6 Å². The first kappa shape index (κ1) is 35.4. The molecule has 2 rings (SSSR count). The van der Waals surface area contributed by atoms with Gasteiger partial charge in [0.1, 0.15) is 12.4 Å². The molecule has 0 saturated carbocycles. The van der Waals surface area contributed by atoms with E-state index in [1.54, 1.807) is 13.8 Å². The number of hydrogen-bond donors (Lipinski definition) is 4. The summed E-state index contributed by atoms with van der Waals surface area (Å²) in [5, 5.41) is 10.9. The number of ether oxygens (including phenoxy) is 1. The fourth-order valence-corrected chi connectivity index (χ4v) is 3.72. The van der Waals surface area contributed by atoms with Crippen LogP contribution in [0.25, 0.3) is 0 Å². The zero-order chi connectivity index (χ0) is 30.7. The van der Waals surface area contributed by atoms with Gasteiger partial charge in [-0.1, -0.05) is 56.7 Å². The first-order valence-corrected chi connectivity index (χ1v) is 13.9. The maximum Gasteiger partial charge on any atom is 0.416 e. The van der Waals surface area contributed by atoms with Crippen LogP contribution in [0.1, 0.15) is 57.2 Å². The number of carbonyl (C=O) groups is 3. The number of halogens is 3. The van der Waals surface area contributed by atoms with Gasteiger partial charge < -0.3 is 26.0 Å². The van der Waals surface area contributed by atoms with E-state index in [0.717, 1.165) is 24.1 Å². The molecule has 0 radical (unpaired) electrons. The number of alkyl halides is 3. The van der Waals surface area contributed by atoms with Crippen LogP contribution in [-0.2, 0) is 33.4 Å². The predicted octanol–water partition coefficient (Wildman–Crippen LogP) is 4.02. The average Bonchev–Trinajstić information content (AvgIpc) is 2.92. The molecule has 11 heteroatoms. The highest BCUT2D eigenvalue weighted by atomic mass is 19.4. The monoisotopic (exact) mass is 580 g/mol. The molecule has 0 aliphatic heterocycles. The van der Waals surface area contributed by atoms with Crippen molar-refractivity contribution in [2.75, 3.05) is 26.2 Å². The Kier molecular flexibility index (Phi) is 16.8.